The summed E-state index contributed by atoms with van der Waals surface area (Å²) in [5.41, 5.74) is 3.21. The van der Waals surface area contributed by atoms with E-state index in [9.17, 15) is 14.0 Å². The number of hydrogen-bond acceptors (Lipinski definition) is 3. The number of benzene rings is 2. The zero-order chi connectivity index (χ0) is 24.0. The van der Waals surface area contributed by atoms with E-state index in [2.05, 4.69) is 5.32 Å². The second kappa shape index (κ2) is 11.3. The molecule has 0 unspecified atom stereocenters. The smallest absolute Gasteiger partial charge is 0.254 e. The summed E-state index contributed by atoms with van der Waals surface area (Å²) in [7, 11) is 3.95. The van der Waals surface area contributed by atoms with Gasteiger partial charge in [0.25, 0.3) is 5.91 Å². The lowest BCUT2D eigenvalue weighted by atomic mass is 9.93. The van der Waals surface area contributed by atoms with Crippen LogP contribution in [-0.2, 0) is 11.3 Å². The predicted molar refractivity (Wildman–Crippen MR) is 132 cm³/mol. The summed E-state index contributed by atoms with van der Waals surface area (Å²) < 4.78 is 13.5. The molecule has 0 aliphatic heterocycles. The first-order valence-corrected chi connectivity index (χ1v) is 11.9. The summed E-state index contributed by atoms with van der Waals surface area (Å²) in [4.78, 5) is 29.8. The van der Waals surface area contributed by atoms with Gasteiger partial charge in [-0.25, -0.2) is 4.39 Å². The molecule has 0 atom stereocenters. The van der Waals surface area contributed by atoms with Gasteiger partial charge >= 0.3 is 0 Å². The number of carbonyl (C=O) groups is 2. The van der Waals surface area contributed by atoms with Crippen LogP contribution in [0.25, 0.3) is 0 Å². The topological polar surface area (TPSA) is 52.7 Å². The van der Waals surface area contributed by atoms with Gasteiger partial charge in [-0.1, -0.05) is 33.1 Å². The monoisotopic (exact) mass is 453 g/mol. The lowest BCUT2D eigenvalue weighted by molar-refractivity contribution is -0.116. The molecule has 0 spiro atoms. The van der Waals surface area contributed by atoms with Crippen molar-refractivity contribution < 1.29 is 14.0 Å². The van der Waals surface area contributed by atoms with Gasteiger partial charge in [0.1, 0.15) is 5.82 Å². The number of carbonyl (C=O) groups excluding carboxylic acids is 2. The molecule has 178 valence electrons. The van der Waals surface area contributed by atoms with Crippen molar-refractivity contribution in [1.82, 2.24) is 4.90 Å². The highest BCUT2D eigenvalue weighted by molar-refractivity contribution is 5.94. The maximum absolute atomic E-state index is 13.5. The number of halogens is 1. The first-order chi connectivity index (χ1) is 15.7. The van der Waals surface area contributed by atoms with Gasteiger partial charge in [-0.2, -0.15) is 0 Å². The molecule has 5 nitrogen and oxygen atoms in total. The molecule has 0 heterocycles. The van der Waals surface area contributed by atoms with E-state index in [1.54, 1.807) is 12.1 Å². The second-order valence-electron chi connectivity index (χ2n) is 9.62. The van der Waals surface area contributed by atoms with Gasteiger partial charge in [0, 0.05) is 50.0 Å². The molecule has 1 N–H and O–H groups in total. The van der Waals surface area contributed by atoms with Crippen molar-refractivity contribution in [3.8, 4) is 0 Å². The molecule has 2 amide bonds. The molecule has 0 bridgehead atoms. The molecule has 1 saturated carbocycles. The Morgan fingerprint density at radius 1 is 1.03 bits per heavy atom. The van der Waals surface area contributed by atoms with E-state index in [0.717, 1.165) is 42.6 Å². The minimum Gasteiger partial charge on any atom is -0.377 e. The van der Waals surface area contributed by atoms with Crippen molar-refractivity contribution in [2.75, 3.05) is 24.3 Å². The maximum atomic E-state index is 13.5. The van der Waals surface area contributed by atoms with Gasteiger partial charge in [-0.05, 0) is 66.8 Å². The van der Waals surface area contributed by atoms with Gasteiger partial charge in [-0.3, -0.25) is 9.59 Å². The molecule has 0 radical (unpaired) electrons. The Kier molecular flexibility index (Phi) is 8.48. The van der Waals surface area contributed by atoms with Crippen molar-refractivity contribution in [2.24, 2.45) is 5.92 Å². The van der Waals surface area contributed by atoms with E-state index in [1.165, 1.54) is 18.6 Å². The van der Waals surface area contributed by atoms with Crippen LogP contribution < -0.4 is 10.2 Å². The summed E-state index contributed by atoms with van der Waals surface area (Å²) in [6.07, 6.45) is 5.79. The molecular weight excluding hydrogens is 417 g/mol. The SMILES string of the molecule is CC(C)CC(=O)Nc1ccc(N(C)C)c(CN(C(=O)c2ccc(F)cc2)C2CCCCC2)c1. The highest BCUT2D eigenvalue weighted by atomic mass is 19.1. The van der Waals surface area contributed by atoms with Gasteiger partial charge in [-0.15, -0.1) is 0 Å². The van der Waals surface area contributed by atoms with Crippen LogP contribution in [0.5, 0.6) is 0 Å². The first kappa shape index (κ1) is 24.7. The third-order valence-electron chi connectivity index (χ3n) is 6.15. The number of nitrogens with zero attached hydrogens (tertiary/aromatic N) is 2. The summed E-state index contributed by atoms with van der Waals surface area (Å²) in [6, 6.07) is 11.8. The fourth-order valence-electron chi connectivity index (χ4n) is 4.51. The van der Waals surface area contributed by atoms with Crippen LogP contribution in [0.1, 0.15) is 68.3 Å². The Hall–Kier alpha value is -2.89. The third-order valence-corrected chi connectivity index (χ3v) is 6.15. The highest BCUT2D eigenvalue weighted by Gasteiger charge is 2.27. The number of hydrogen-bond donors (Lipinski definition) is 1. The molecule has 0 saturated heterocycles. The fourth-order valence-corrected chi connectivity index (χ4v) is 4.51. The van der Waals surface area contributed by atoms with Gasteiger partial charge in [0.05, 0.1) is 0 Å². The number of anilines is 2. The van der Waals surface area contributed by atoms with Crippen LogP contribution in [0, 0.1) is 11.7 Å². The van der Waals surface area contributed by atoms with E-state index in [1.807, 2.05) is 55.9 Å². The summed E-state index contributed by atoms with van der Waals surface area (Å²) in [5, 5.41) is 3.00. The van der Waals surface area contributed by atoms with E-state index < -0.39 is 0 Å². The molecule has 33 heavy (non-hydrogen) atoms. The van der Waals surface area contributed by atoms with Crippen LogP contribution in [0.2, 0.25) is 0 Å². The van der Waals surface area contributed by atoms with Crippen LogP contribution in [0.15, 0.2) is 42.5 Å². The molecule has 2 aromatic carbocycles. The summed E-state index contributed by atoms with van der Waals surface area (Å²) in [5.74, 6) is -0.169. The minimum absolute atomic E-state index is 0.0138. The zero-order valence-corrected chi connectivity index (χ0v) is 20.2. The molecule has 3 rings (SSSR count). The average Bonchev–Trinajstić information content (AvgIpc) is 2.77. The average molecular weight is 454 g/mol. The Bertz CT molecular complexity index is 950. The van der Waals surface area contributed by atoms with Crippen molar-refractivity contribution in [1.29, 1.82) is 0 Å². The lowest BCUT2D eigenvalue weighted by Gasteiger charge is -2.35. The second-order valence-corrected chi connectivity index (χ2v) is 9.62. The largest absolute Gasteiger partial charge is 0.377 e. The third kappa shape index (κ3) is 6.80. The van der Waals surface area contributed by atoms with Gasteiger partial charge in [0.2, 0.25) is 5.91 Å². The molecule has 2 aromatic rings. The fraction of sp³-hybridized carbons (Fsp3) is 0.481. The van der Waals surface area contributed by atoms with Gasteiger partial charge in [0.15, 0.2) is 0 Å². The normalized spacial score (nSPS) is 14.2. The molecular formula is C27H36FN3O2. The molecule has 1 aliphatic carbocycles. The first-order valence-electron chi connectivity index (χ1n) is 11.9. The number of amides is 2. The Morgan fingerprint density at radius 3 is 2.30 bits per heavy atom. The lowest BCUT2D eigenvalue weighted by Crippen LogP contribution is -2.41. The van der Waals surface area contributed by atoms with E-state index in [0.29, 0.717) is 18.5 Å². The quantitative estimate of drug-likeness (QED) is 0.545. The number of nitrogens with one attached hydrogen (secondary N) is 1. The Labute approximate surface area is 197 Å². The van der Waals surface area contributed by atoms with Crippen LogP contribution >= 0.6 is 0 Å². The van der Waals surface area contributed by atoms with Crippen molar-refractivity contribution in [3.05, 3.63) is 59.4 Å². The zero-order valence-electron chi connectivity index (χ0n) is 20.2. The van der Waals surface area contributed by atoms with Crippen LogP contribution in [0.4, 0.5) is 15.8 Å². The number of rotatable bonds is 8. The van der Waals surface area contributed by atoms with E-state index >= 15 is 0 Å². The van der Waals surface area contributed by atoms with Gasteiger partial charge < -0.3 is 15.1 Å². The molecule has 1 aliphatic rings. The molecule has 6 heteroatoms. The van der Waals surface area contributed by atoms with Crippen molar-refractivity contribution in [2.45, 2.75) is 65.0 Å². The van der Waals surface area contributed by atoms with E-state index in [4.69, 9.17) is 0 Å². The van der Waals surface area contributed by atoms with Crippen molar-refractivity contribution >= 4 is 23.2 Å². The summed E-state index contributed by atoms with van der Waals surface area (Å²) >= 11 is 0. The van der Waals surface area contributed by atoms with Crippen molar-refractivity contribution in [3.63, 3.8) is 0 Å². The predicted octanol–water partition coefficient (Wildman–Crippen LogP) is 5.85. The Balaban J connectivity index is 1.92. The van der Waals surface area contributed by atoms with Crippen LogP contribution in [0.3, 0.4) is 0 Å². The maximum Gasteiger partial charge on any atom is 0.254 e. The molecule has 1 fully saturated rings. The highest BCUT2D eigenvalue weighted by Crippen LogP contribution is 2.30. The Morgan fingerprint density at radius 2 is 1.70 bits per heavy atom. The molecule has 0 aromatic heterocycles. The standard InChI is InChI=1S/C27H36FN3O2/c1-19(2)16-26(32)29-23-14-15-25(30(3)4)21(17-23)18-31(24-8-6-5-7-9-24)27(33)20-10-12-22(28)13-11-20/h10-15,17,19,24H,5-9,16,18H2,1-4H3,(H,29,32). The van der Waals surface area contributed by atoms with Crippen LogP contribution in [-0.4, -0.2) is 36.9 Å². The summed E-state index contributed by atoms with van der Waals surface area (Å²) in [6.45, 7) is 4.47. The van der Waals surface area contributed by atoms with E-state index in [-0.39, 0.29) is 29.6 Å². The minimum atomic E-state index is -0.351.